The van der Waals surface area contributed by atoms with Crippen molar-refractivity contribution in [3.05, 3.63) is 29.8 Å². The van der Waals surface area contributed by atoms with Crippen LogP contribution in [-0.2, 0) is 15.0 Å². The van der Waals surface area contributed by atoms with Crippen molar-refractivity contribution in [3.63, 3.8) is 0 Å². The number of nitrogens with one attached hydrogen (secondary N) is 1. The minimum Gasteiger partial charge on any atom is -0.493 e. The number of ether oxygens (including phenoxy) is 1. The molecule has 1 unspecified atom stereocenters. The molecule has 0 bridgehead atoms. The minimum absolute atomic E-state index is 0.134. The standard InChI is InChI=1S/C18H23NO4/c1-2-3-7-14(17(21)22)19-16(20)13-11-18(13)9-10-23-15-8-5-4-6-12(15)18/h4-6,8,13-14H,2-3,7,9-11H2,1H3,(H,19,20)(H,21,22)/t13-,14?,18-/m0/s1. The molecule has 1 spiro atoms. The van der Waals surface area contributed by atoms with Crippen LogP contribution in [0.25, 0.3) is 0 Å². The summed E-state index contributed by atoms with van der Waals surface area (Å²) in [6, 6.07) is 7.07. The highest BCUT2D eigenvalue weighted by Gasteiger charge is 2.61. The molecule has 1 aliphatic heterocycles. The lowest BCUT2D eigenvalue weighted by molar-refractivity contribution is -0.142. The smallest absolute Gasteiger partial charge is 0.326 e. The molecule has 1 amide bonds. The largest absolute Gasteiger partial charge is 0.493 e. The zero-order valence-corrected chi connectivity index (χ0v) is 13.4. The SMILES string of the molecule is CCCCC(NC(=O)[C@@H]1C[C@]12CCOc1ccccc12)C(=O)O. The van der Waals surface area contributed by atoms with E-state index in [-0.39, 0.29) is 17.2 Å². The van der Waals surface area contributed by atoms with Crippen molar-refractivity contribution in [2.75, 3.05) is 6.61 Å². The Hall–Kier alpha value is -2.04. The molecule has 0 aromatic heterocycles. The number of rotatable bonds is 6. The van der Waals surface area contributed by atoms with Crippen molar-refractivity contribution in [2.24, 2.45) is 5.92 Å². The van der Waals surface area contributed by atoms with Crippen LogP contribution in [0.5, 0.6) is 5.75 Å². The minimum atomic E-state index is -0.950. The number of unbranched alkanes of at least 4 members (excludes halogenated alkanes) is 1. The molecule has 1 aromatic rings. The Morgan fingerprint density at radius 3 is 2.96 bits per heavy atom. The summed E-state index contributed by atoms with van der Waals surface area (Å²) in [5, 5.41) is 12.0. The lowest BCUT2D eigenvalue weighted by Crippen LogP contribution is -2.42. The van der Waals surface area contributed by atoms with Crippen LogP contribution >= 0.6 is 0 Å². The predicted molar refractivity (Wildman–Crippen MR) is 85.4 cm³/mol. The van der Waals surface area contributed by atoms with E-state index in [0.29, 0.717) is 13.0 Å². The number of hydrogen-bond acceptors (Lipinski definition) is 3. The molecule has 3 rings (SSSR count). The number of benzene rings is 1. The molecular weight excluding hydrogens is 294 g/mol. The molecule has 2 N–H and O–H groups in total. The third-order valence-corrected chi connectivity index (χ3v) is 5.08. The molecule has 1 saturated carbocycles. The third kappa shape index (κ3) is 2.92. The molecule has 1 aliphatic carbocycles. The Morgan fingerprint density at radius 2 is 2.22 bits per heavy atom. The summed E-state index contributed by atoms with van der Waals surface area (Å²) >= 11 is 0. The number of carboxylic acids is 1. The maximum atomic E-state index is 12.6. The van der Waals surface area contributed by atoms with Gasteiger partial charge in [0.1, 0.15) is 11.8 Å². The van der Waals surface area contributed by atoms with E-state index in [4.69, 9.17) is 4.74 Å². The number of amides is 1. The number of aliphatic carboxylic acids is 1. The molecule has 0 radical (unpaired) electrons. The van der Waals surface area contributed by atoms with Crippen LogP contribution in [0.2, 0.25) is 0 Å². The van der Waals surface area contributed by atoms with Gasteiger partial charge in [-0.05, 0) is 25.3 Å². The number of fused-ring (bicyclic) bond motifs is 2. The fraction of sp³-hybridized carbons (Fsp3) is 0.556. The average Bonchev–Trinajstić information content (AvgIpc) is 3.26. The number of hydrogen-bond donors (Lipinski definition) is 2. The van der Waals surface area contributed by atoms with Crippen molar-refractivity contribution >= 4 is 11.9 Å². The first kappa shape index (κ1) is 15.8. The second-order valence-corrected chi connectivity index (χ2v) is 6.55. The van der Waals surface area contributed by atoms with Crippen LogP contribution in [0.3, 0.4) is 0 Å². The maximum Gasteiger partial charge on any atom is 0.326 e. The lowest BCUT2D eigenvalue weighted by Gasteiger charge is -2.27. The normalized spacial score (nSPS) is 26.0. The molecule has 3 atom stereocenters. The van der Waals surface area contributed by atoms with Gasteiger partial charge in [-0.3, -0.25) is 4.79 Å². The van der Waals surface area contributed by atoms with E-state index in [2.05, 4.69) is 5.32 Å². The maximum absolute atomic E-state index is 12.6. The second-order valence-electron chi connectivity index (χ2n) is 6.55. The molecule has 2 aliphatic rings. The Morgan fingerprint density at radius 1 is 1.43 bits per heavy atom. The topological polar surface area (TPSA) is 75.6 Å². The van der Waals surface area contributed by atoms with Gasteiger partial charge in [-0.1, -0.05) is 38.0 Å². The second kappa shape index (κ2) is 6.22. The highest BCUT2D eigenvalue weighted by atomic mass is 16.5. The number of para-hydroxylation sites is 1. The first-order valence-corrected chi connectivity index (χ1v) is 8.34. The summed E-state index contributed by atoms with van der Waals surface area (Å²) in [6.07, 6.45) is 3.78. The molecular formula is C18H23NO4. The van der Waals surface area contributed by atoms with E-state index in [9.17, 15) is 14.7 Å². The average molecular weight is 317 g/mol. The van der Waals surface area contributed by atoms with Crippen LogP contribution in [-0.4, -0.2) is 29.6 Å². The highest BCUT2D eigenvalue weighted by molar-refractivity contribution is 5.88. The molecule has 0 saturated heterocycles. The number of carbonyl (C=O) groups excluding carboxylic acids is 1. The van der Waals surface area contributed by atoms with E-state index in [1.807, 2.05) is 31.2 Å². The zero-order chi connectivity index (χ0) is 16.4. The zero-order valence-electron chi connectivity index (χ0n) is 13.4. The van der Waals surface area contributed by atoms with Crippen LogP contribution in [0.1, 0.15) is 44.6 Å². The van der Waals surface area contributed by atoms with E-state index < -0.39 is 12.0 Å². The Balaban J connectivity index is 1.70. The van der Waals surface area contributed by atoms with Crippen molar-refractivity contribution < 1.29 is 19.4 Å². The summed E-state index contributed by atoms with van der Waals surface area (Å²) in [6.45, 7) is 2.62. The van der Waals surface area contributed by atoms with Gasteiger partial charge < -0.3 is 15.2 Å². The Labute approximate surface area is 136 Å². The fourth-order valence-electron chi connectivity index (χ4n) is 3.64. The molecule has 1 heterocycles. The van der Waals surface area contributed by atoms with Gasteiger partial charge in [0.25, 0.3) is 0 Å². The quantitative estimate of drug-likeness (QED) is 0.845. The third-order valence-electron chi connectivity index (χ3n) is 5.08. The van der Waals surface area contributed by atoms with Gasteiger partial charge in [-0.15, -0.1) is 0 Å². The molecule has 1 aromatic carbocycles. The van der Waals surface area contributed by atoms with Gasteiger partial charge in [0.05, 0.1) is 6.61 Å². The van der Waals surface area contributed by atoms with Crippen LogP contribution in [0.15, 0.2) is 24.3 Å². The van der Waals surface area contributed by atoms with Crippen molar-refractivity contribution in [2.45, 2.75) is 50.5 Å². The molecule has 23 heavy (non-hydrogen) atoms. The predicted octanol–water partition coefficient (Wildman–Crippen LogP) is 2.49. The van der Waals surface area contributed by atoms with Gasteiger partial charge in [0, 0.05) is 16.9 Å². The molecule has 5 heteroatoms. The van der Waals surface area contributed by atoms with Crippen LogP contribution in [0.4, 0.5) is 0 Å². The van der Waals surface area contributed by atoms with E-state index in [0.717, 1.165) is 37.0 Å². The van der Waals surface area contributed by atoms with Crippen molar-refractivity contribution in [1.29, 1.82) is 0 Å². The molecule has 124 valence electrons. The Bertz CT molecular complexity index is 615. The lowest BCUT2D eigenvalue weighted by atomic mass is 9.87. The highest BCUT2D eigenvalue weighted by Crippen LogP contribution is 2.60. The summed E-state index contributed by atoms with van der Waals surface area (Å²) < 4.78 is 5.67. The van der Waals surface area contributed by atoms with Gasteiger partial charge in [-0.25, -0.2) is 4.79 Å². The number of carboxylic acid groups (broad SMARTS) is 1. The summed E-state index contributed by atoms with van der Waals surface area (Å²) in [5.41, 5.74) is 0.930. The summed E-state index contributed by atoms with van der Waals surface area (Å²) in [4.78, 5) is 23.9. The summed E-state index contributed by atoms with van der Waals surface area (Å²) in [5.74, 6) is -0.370. The fourth-order valence-corrected chi connectivity index (χ4v) is 3.64. The first-order chi connectivity index (χ1) is 11.1. The van der Waals surface area contributed by atoms with Gasteiger partial charge in [-0.2, -0.15) is 0 Å². The van der Waals surface area contributed by atoms with Crippen LogP contribution < -0.4 is 10.1 Å². The van der Waals surface area contributed by atoms with Gasteiger partial charge >= 0.3 is 5.97 Å². The van der Waals surface area contributed by atoms with Gasteiger partial charge in [0.2, 0.25) is 5.91 Å². The van der Waals surface area contributed by atoms with Crippen molar-refractivity contribution in [1.82, 2.24) is 5.32 Å². The van der Waals surface area contributed by atoms with Crippen LogP contribution in [0, 0.1) is 5.92 Å². The first-order valence-electron chi connectivity index (χ1n) is 8.34. The molecule has 1 fully saturated rings. The molecule has 5 nitrogen and oxygen atoms in total. The van der Waals surface area contributed by atoms with Gasteiger partial charge in [0.15, 0.2) is 0 Å². The number of carbonyl (C=O) groups is 2. The monoisotopic (exact) mass is 317 g/mol. The Kier molecular flexibility index (Phi) is 4.28. The van der Waals surface area contributed by atoms with E-state index in [1.54, 1.807) is 0 Å². The van der Waals surface area contributed by atoms with E-state index in [1.165, 1.54) is 0 Å². The van der Waals surface area contributed by atoms with E-state index >= 15 is 0 Å². The summed E-state index contributed by atoms with van der Waals surface area (Å²) in [7, 11) is 0. The van der Waals surface area contributed by atoms with Crippen molar-refractivity contribution in [3.8, 4) is 5.75 Å².